The van der Waals surface area contributed by atoms with E-state index >= 15 is 0 Å². The molecule has 0 saturated carbocycles. The van der Waals surface area contributed by atoms with Crippen molar-refractivity contribution in [2.24, 2.45) is 11.7 Å². The molecular formula is C16H25ClN2O2S. The summed E-state index contributed by atoms with van der Waals surface area (Å²) in [4.78, 5) is 15.4. The van der Waals surface area contributed by atoms with Crippen LogP contribution >= 0.6 is 24.2 Å². The van der Waals surface area contributed by atoms with E-state index < -0.39 is 0 Å². The van der Waals surface area contributed by atoms with Crippen LogP contribution in [0.1, 0.15) is 12.8 Å². The second-order valence-electron chi connectivity index (χ2n) is 5.42. The number of nitrogens with two attached hydrogens (primary N) is 1. The molecule has 0 bridgehead atoms. The predicted octanol–water partition coefficient (Wildman–Crippen LogP) is 2.41. The number of amides is 1. The van der Waals surface area contributed by atoms with Crippen molar-refractivity contribution >= 4 is 30.1 Å². The van der Waals surface area contributed by atoms with Gasteiger partial charge in [0.1, 0.15) is 0 Å². The van der Waals surface area contributed by atoms with E-state index in [1.54, 1.807) is 7.11 Å². The Morgan fingerprint density at radius 2 is 2.18 bits per heavy atom. The number of thioether (sulfide) groups is 1. The second kappa shape index (κ2) is 10.1. The van der Waals surface area contributed by atoms with Gasteiger partial charge in [0, 0.05) is 37.4 Å². The number of hydrogen-bond donors (Lipinski definition) is 1. The van der Waals surface area contributed by atoms with Crippen molar-refractivity contribution in [3.63, 3.8) is 0 Å². The predicted molar refractivity (Wildman–Crippen MR) is 93.6 cm³/mol. The quantitative estimate of drug-likeness (QED) is 0.772. The number of likely N-dealkylation sites (tertiary alicyclic amines) is 1. The van der Waals surface area contributed by atoms with E-state index in [1.165, 1.54) is 4.90 Å². The summed E-state index contributed by atoms with van der Waals surface area (Å²) in [6, 6.07) is 10.4. The Morgan fingerprint density at radius 3 is 2.82 bits per heavy atom. The first-order valence-corrected chi connectivity index (χ1v) is 8.40. The number of halogens is 1. The molecule has 4 nitrogen and oxygen atoms in total. The monoisotopic (exact) mass is 344 g/mol. The molecule has 2 atom stereocenters. The molecule has 2 unspecified atom stereocenters. The first-order valence-electron chi connectivity index (χ1n) is 7.41. The minimum atomic E-state index is -0.157. The van der Waals surface area contributed by atoms with E-state index in [0.717, 1.165) is 25.3 Å². The molecule has 1 amide bonds. The molecule has 124 valence electrons. The van der Waals surface area contributed by atoms with E-state index in [0.29, 0.717) is 18.9 Å². The maximum atomic E-state index is 12.2. The smallest absolute Gasteiger partial charge is 0.225 e. The number of hydrogen-bond acceptors (Lipinski definition) is 4. The first kappa shape index (κ1) is 19.3. The van der Waals surface area contributed by atoms with E-state index in [2.05, 4.69) is 24.3 Å². The summed E-state index contributed by atoms with van der Waals surface area (Å²) in [7, 11) is 1.61. The highest BCUT2D eigenvalue weighted by Gasteiger charge is 2.27. The SMILES string of the molecule is COC(CN)CC(=O)N1CCC(CSc2ccccc2)C1.Cl. The Bertz CT molecular complexity index is 443. The number of benzene rings is 1. The normalized spacial score (nSPS) is 18.8. The molecule has 1 fully saturated rings. The van der Waals surface area contributed by atoms with Crippen molar-refractivity contribution in [2.75, 3.05) is 32.5 Å². The van der Waals surface area contributed by atoms with Gasteiger partial charge in [-0.25, -0.2) is 0 Å². The van der Waals surface area contributed by atoms with Gasteiger partial charge < -0.3 is 15.4 Å². The molecule has 22 heavy (non-hydrogen) atoms. The molecule has 1 aromatic carbocycles. The van der Waals surface area contributed by atoms with Gasteiger partial charge in [0.25, 0.3) is 0 Å². The summed E-state index contributed by atoms with van der Waals surface area (Å²) in [5, 5.41) is 0. The zero-order valence-electron chi connectivity index (χ0n) is 12.9. The van der Waals surface area contributed by atoms with Crippen LogP contribution < -0.4 is 5.73 Å². The number of carbonyl (C=O) groups is 1. The maximum absolute atomic E-state index is 12.2. The Hall–Kier alpha value is -0.750. The maximum Gasteiger partial charge on any atom is 0.225 e. The zero-order valence-corrected chi connectivity index (χ0v) is 14.6. The van der Waals surface area contributed by atoms with Crippen LogP contribution in [-0.4, -0.2) is 49.4 Å². The Labute approximate surface area is 143 Å². The second-order valence-corrected chi connectivity index (χ2v) is 6.51. The van der Waals surface area contributed by atoms with Crippen LogP contribution in [0.15, 0.2) is 35.2 Å². The molecule has 2 rings (SSSR count). The van der Waals surface area contributed by atoms with E-state index in [9.17, 15) is 4.79 Å². The third kappa shape index (κ3) is 5.80. The zero-order chi connectivity index (χ0) is 15.1. The van der Waals surface area contributed by atoms with Gasteiger partial charge in [0.15, 0.2) is 0 Å². The molecule has 1 aliphatic rings. The first-order chi connectivity index (χ1) is 10.2. The largest absolute Gasteiger partial charge is 0.380 e. The van der Waals surface area contributed by atoms with Crippen LogP contribution in [0.3, 0.4) is 0 Å². The van der Waals surface area contributed by atoms with E-state index in [-0.39, 0.29) is 24.4 Å². The fourth-order valence-corrected chi connectivity index (χ4v) is 3.56. The molecule has 2 N–H and O–H groups in total. The van der Waals surface area contributed by atoms with Crippen molar-refractivity contribution in [1.82, 2.24) is 4.90 Å². The minimum Gasteiger partial charge on any atom is -0.380 e. The van der Waals surface area contributed by atoms with Gasteiger partial charge in [-0.05, 0) is 24.5 Å². The number of methoxy groups -OCH3 is 1. The van der Waals surface area contributed by atoms with Crippen molar-refractivity contribution in [3.05, 3.63) is 30.3 Å². The number of nitrogens with zero attached hydrogens (tertiary/aromatic N) is 1. The van der Waals surface area contributed by atoms with E-state index in [4.69, 9.17) is 10.5 Å². The molecule has 1 saturated heterocycles. The van der Waals surface area contributed by atoms with Gasteiger partial charge in [-0.2, -0.15) is 0 Å². The molecule has 1 heterocycles. The highest BCUT2D eigenvalue weighted by Crippen LogP contribution is 2.26. The van der Waals surface area contributed by atoms with Crippen molar-refractivity contribution < 1.29 is 9.53 Å². The summed E-state index contributed by atoms with van der Waals surface area (Å²) in [6.45, 7) is 2.11. The fraction of sp³-hybridized carbons (Fsp3) is 0.562. The molecule has 0 aromatic heterocycles. The van der Waals surface area contributed by atoms with Gasteiger partial charge in [0.2, 0.25) is 5.91 Å². The van der Waals surface area contributed by atoms with Gasteiger partial charge in [-0.1, -0.05) is 18.2 Å². The van der Waals surface area contributed by atoms with Gasteiger partial charge in [-0.15, -0.1) is 24.2 Å². The van der Waals surface area contributed by atoms with Crippen LogP contribution in [-0.2, 0) is 9.53 Å². The number of rotatable bonds is 7. The van der Waals surface area contributed by atoms with Crippen LogP contribution in [0.25, 0.3) is 0 Å². The third-order valence-electron chi connectivity index (χ3n) is 3.87. The summed E-state index contributed by atoms with van der Waals surface area (Å²) in [5.41, 5.74) is 5.57. The van der Waals surface area contributed by atoms with Crippen molar-refractivity contribution in [1.29, 1.82) is 0 Å². The highest BCUT2D eigenvalue weighted by molar-refractivity contribution is 7.99. The topological polar surface area (TPSA) is 55.6 Å². The molecule has 6 heteroatoms. The molecule has 0 spiro atoms. The van der Waals surface area contributed by atoms with Gasteiger partial charge >= 0.3 is 0 Å². The van der Waals surface area contributed by atoms with Crippen molar-refractivity contribution in [3.8, 4) is 0 Å². The Balaban J connectivity index is 0.00000242. The minimum absolute atomic E-state index is 0. The Morgan fingerprint density at radius 1 is 1.45 bits per heavy atom. The van der Waals surface area contributed by atoms with Crippen molar-refractivity contribution in [2.45, 2.75) is 23.8 Å². The standard InChI is InChI=1S/C16H24N2O2S.ClH/c1-20-14(10-17)9-16(19)18-8-7-13(11-18)12-21-15-5-3-2-4-6-15;/h2-6,13-14H,7-12,17H2,1H3;1H. The Kier molecular flexibility index (Phi) is 8.86. The number of ether oxygens (including phenoxy) is 1. The lowest BCUT2D eigenvalue weighted by Gasteiger charge is -2.19. The highest BCUT2D eigenvalue weighted by atomic mass is 35.5. The number of carbonyl (C=O) groups excluding carboxylic acids is 1. The average molecular weight is 345 g/mol. The van der Waals surface area contributed by atoms with Crippen LogP contribution in [0.4, 0.5) is 0 Å². The lowest BCUT2D eigenvalue weighted by Crippen LogP contribution is -2.34. The van der Waals surface area contributed by atoms with Crippen LogP contribution in [0.2, 0.25) is 0 Å². The van der Waals surface area contributed by atoms with Gasteiger partial charge in [0.05, 0.1) is 12.5 Å². The van der Waals surface area contributed by atoms with E-state index in [1.807, 2.05) is 22.7 Å². The lowest BCUT2D eigenvalue weighted by atomic mass is 10.2. The lowest BCUT2D eigenvalue weighted by molar-refractivity contribution is -0.132. The van der Waals surface area contributed by atoms with Crippen LogP contribution in [0.5, 0.6) is 0 Å². The molecule has 1 aromatic rings. The summed E-state index contributed by atoms with van der Waals surface area (Å²) in [6.07, 6.45) is 1.33. The summed E-state index contributed by atoms with van der Waals surface area (Å²) < 4.78 is 5.19. The summed E-state index contributed by atoms with van der Waals surface area (Å²) >= 11 is 1.87. The molecule has 0 radical (unpaired) electrons. The van der Waals surface area contributed by atoms with Gasteiger partial charge in [-0.3, -0.25) is 4.79 Å². The molecule has 0 aliphatic carbocycles. The summed E-state index contributed by atoms with van der Waals surface area (Å²) in [5.74, 6) is 1.82. The molecular weight excluding hydrogens is 320 g/mol. The average Bonchev–Trinajstić information content (AvgIpc) is 3.00. The fourth-order valence-electron chi connectivity index (χ4n) is 2.51. The molecule has 1 aliphatic heterocycles. The third-order valence-corrected chi connectivity index (χ3v) is 5.11. The van der Waals surface area contributed by atoms with Crippen LogP contribution in [0, 0.1) is 5.92 Å².